The van der Waals surface area contributed by atoms with Gasteiger partial charge in [0.15, 0.2) is 0 Å². The van der Waals surface area contributed by atoms with E-state index in [0.717, 1.165) is 25.0 Å². The fraction of sp³-hybridized carbons (Fsp3) is 1.00. The van der Waals surface area contributed by atoms with Crippen LogP contribution in [-0.2, 0) is 0 Å². The third-order valence-electron chi connectivity index (χ3n) is 4.47. The maximum atomic E-state index is 3.48. The Hall–Kier alpha value is -0.0800. The molecule has 0 aromatic carbocycles. The molecule has 0 heterocycles. The average molecular weight is 240 g/mol. The van der Waals surface area contributed by atoms with Gasteiger partial charge in [-0.3, -0.25) is 4.90 Å². The number of hydrogen-bond acceptors (Lipinski definition) is 2. The molecule has 0 radical (unpaired) electrons. The van der Waals surface area contributed by atoms with Gasteiger partial charge in [-0.1, -0.05) is 40.0 Å². The highest BCUT2D eigenvalue weighted by Gasteiger charge is 2.26. The molecular weight excluding hydrogens is 208 g/mol. The van der Waals surface area contributed by atoms with Crippen LogP contribution < -0.4 is 5.32 Å². The maximum absolute atomic E-state index is 3.48. The van der Waals surface area contributed by atoms with Crippen LogP contribution in [0.25, 0.3) is 0 Å². The van der Waals surface area contributed by atoms with Gasteiger partial charge in [-0.2, -0.15) is 0 Å². The van der Waals surface area contributed by atoms with Crippen molar-refractivity contribution in [1.29, 1.82) is 0 Å². The van der Waals surface area contributed by atoms with Gasteiger partial charge in [-0.25, -0.2) is 0 Å². The quantitative estimate of drug-likeness (QED) is 0.735. The Labute approximate surface area is 108 Å². The predicted octanol–water partition coefficient (Wildman–Crippen LogP) is 3.28. The summed E-state index contributed by atoms with van der Waals surface area (Å²) < 4.78 is 0. The molecule has 1 aliphatic rings. The van der Waals surface area contributed by atoms with Crippen LogP contribution in [0.4, 0.5) is 0 Å². The Morgan fingerprint density at radius 3 is 2.29 bits per heavy atom. The average Bonchev–Trinajstić information content (AvgIpc) is 2.38. The zero-order chi connectivity index (χ0) is 12.7. The summed E-state index contributed by atoms with van der Waals surface area (Å²) in [4.78, 5) is 2.75. The molecule has 0 spiro atoms. The normalized spacial score (nSPS) is 21.7. The van der Waals surface area contributed by atoms with E-state index in [0.29, 0.717) is 6.04 Å². The second-order valence-corrected chi connectivity index (χ2v) is 5.65. The summed E-state index contributed by atoms with van der Waals surface area (Å²) in [6.07, 6.45) is 7.18. The largest absolute Gasteiger partial charge is 0.317 e. The van der Waals surface area contributed by atoms with Gasteiger partial charge in [0.25, 0.3) is 0 Å². The first kappa shape index (κ1) is 15.0. The number of rotatable bonds is 7. The van der Waals surface area contributed by atoms with Crippen molar-refractivity contribution in [2.75, 3.05) is 19.6 Å². The SMILES string of the molecule is CCNCC(C)C(C)N(CC)C1CCCCC1. The van der Waals surface area contributed by atoms with Crippen molar-refractivity contribution in [3.05, 3.63) is 0 Å². The second-order valence-electron chi connectivity index (χ2n) is 5.65. The molecule has 2 atom stereocenters. The fourth-order valence-corrected chi connectivity index (χ4v) is 3.16. The Morgan fingerprint density at radius 2 is 1.76 bits per heavy atom. The summed E-state index contributed by atoms with van der Waals surface area (Å²) in [7, 11) is 0. The number of nitrogens with one attached hydrogen (secondary N) is 1. The van der Waals surface area contributed by atoms with Crippen molar-refractivity contribution < 1.29 is 0 Å². The van der Waals surface area contributed by atoms with E-state index in [9.17, 15) is 0 Å². The molecule has 2 heteroatoms. The molecule has 0 amide bonds. The highest BCUT2D eigenvalue weighted by molar-refractivity contribution is 4.82. The van der Waals surface area contributed by atoms with Crippen LogP contribution in [0.3, 0.4) is 0 Å². The van der Waals surface area contributed by atoms with Crippen molar-refractivity contribution in [3.8, 4) is 0 Å². The van der Waals surface area contributed by atoms with Crippen molar-refractivity contribution in [2.45, 2.75) is 71.9 Å². The van der Waals surface area contributed by atoms with Gasteiger partial charge < -0.3 is 5.32 Å². The van der Waals surface area contributed by atoms with Gasteiger partial charge in [0, 0.05) is 12.1 Å². The van der Waals surface area contributed by atoms with Crippen LogP contribution in [0.2, 0.25) is 0 Å². The highest BCUT2D eigenvalue weighted by atomic mass is 15.2. The van der Waals surface area contributed by atoms with Gasteiger partial charge in [-0.15, -0.1) is 0 Å². The third-order valence-corrected chi connectivity index (χ3v) is 4.47. The van der Waals surface area contributed by atoms with E-state index in [1.54, 1.807) is 0 Å². The first-order valence-corrected chi connectivity index (χ1v) is 7.67. The van der Waals surface area contributed by atoms with Crippen molar-refractivity contribution in [3.63, 3.8) is 0 Å². The van der Waals surface area contributed by atoms with Crippen molar-refractivity contribution in [2.24, 2.45) is 5.92 Å². The van der Waals surface area contributed by atoms with E-state index < -0.39 is 0 Å². The second kappa shape index (κ2) is 8.10. The minimum absolute atomic E-state index is 0.710. The van der Waals surface area contributed by atoms with Crippen molar-refractivity contribution in [1.82, 2.24) is 10.2 Å². The molecule has 1 saturated carbocycles. The van der Waals surface area contributed by atoms with Gasteiger partial charge in [0.2, 0.25) is 0 Å². The zero-order valence-corrected chi connectivity index (χ0v) is 12.3. The first-order chi connectivity index (χ1) is 8.20. The lowest BCUT2D eigenvalue weighted by atomic mass is 9.91. The minimum Gasteiger partial charge on any atom is -0.317 e. The molecule has 1 fully saturated rings. The van der Waals surface area contributed by atoms with Crippen molar-refractivity contribution >= 4 is 0 Å². The zero-order valence-electron chi connectivity index (χ0n) is 12.3. The van der Waals surface area contributed by atoms with E-state index in [-0.39, 0.29) is 0 Å². The molecule has 0 bridgehead atoms. The topological polar surface area (TPSA) is 15.3 Å². The van der Waals surface area contributed by atoms with Crippen LogP contribution in [0.15, 0.2) is 0 Å². The summed E-state index contributed by atoms with van der Waals surface area (Å²) in [5.41, 5.74) is 0. The Bertz CT molecular complexity index is 187. The lowest BCUT2D eigenvalue weighted by Crippen LogP contribution is -2.47. The molecule has 0 aliphatic heterocycles. The highest BCUT2D eigenvalue weighted by Crippen LogP contribution is 2.25. The molecule has 1 N–H and O–H groups in total. The van der Waals surface area contributed by atoms with Gasteiger partial charge in [-0.05, 0) is 45.3 Å². The van der Waals surface area contributed by atoms with Gasteiger partial charge in [0.1, 0.15) is 0 Å². The van der Waals surface area contributed by atoms with Crippen LogP contribution >= 0.6 is 0 Å². The molecule has 102 valence electrons. The summed E-state index contributed by atoms with van der Waals surface area (Å²) in [6, 6.07) is 1.56. The summed E-state index contributed by atoms with van der Waals surface area (Å²) in [6.45, 7) is 12.8. The smallest absolute Gasteiger partial charge is 0.0107 e. The first-order valence-electron chi connectivity index (χ1n) is 7.67. The summed E-state index contributed by atoms with van der Waals surface area (Å²) in [5, 5.41) is 3.48. The molecular formula is C15H32N2. The molecule has 0 saturated heterocycles. The van der Waals surface area contributed by atoms with E-state index in [1.807, 2.05) is 0 Å². The molecule has 2 unspecified atom stereocenters. The molecule has 0 aromatic heterocycles. The van der Waals surface area contributed by atoms with Crippen LogP contribution in [0, 0.1) is 5.92 Å². The van der Waals surface area contributed by atoms with E-state index >= 15 is 0 Å². The third kappa shape index (κ3) is 4.59. The molecule has 1 aliphatic carbocycles. The predicted molar refractivity (Wildman–Crippen MR) is 76.4 cm³/mol. The van der Waals surface area contributed by atoms with E-state index in [2.05, 4.69) is 37.9 Å². The lowest BCUT2D eigenvalue weighted by Gasteiger charge is -2.40. The lowest BCUT2D eigenvalue weighted by molar-refractivity contribution is 0.0890. The molecule has 2 nitrogen and oxygen atoms in total. The van der Waals surface area contributed by atoms with Crippen LogP contribution in [-0.4, -0.2) is 36.6 Å². The minimum atomic E-state index is 0.710. The Morgan fingerprint density at radius 1 is 1.12 bits per heavy atom. The number of hydrogen-bond donors (Lipinski definition) is 1. The van der Waals surface area contributed by atoms with Gasteiger partial charge >= 0.3 is 0 Å². The standard InChI is InChI=1S/C15H32N2/c1-5-16-12-13(3)14(4)17(6-2)15-10-8-7-9-11-15/h13-16H,5-12H2,1-4H3. The van der Waals surface area contributed by atoms with E-state index in [1.165, 1.54) is 38.6 Å². The monoisotopic (exact) mass is 240 g/mol. The number of nitrogens with zero attached hydrogens (tertiary/aromatic N) is 1. The summed E-state index contributed by atoms with van der Waals surface area (Å²) in [5.74, 6) is 0.747. The fourth-order valence-electron chi connectivity index (χ4n) is 3.16. The van der Waals surface area contributed by atoms with E-state index in [4.69, 9.17) is 0 Å². The van der Waals surface area contributed by atoms with Crippen LogP contribution in [0.1, 0.15) is 59.8 Å². The maximum Gasteiger partial charge on any atom is 0.0107 e. The Kier molecular flexibility index (Phi) is 7.14. The molecule has 17 heavy (non-hydrogen) atoms. The van der Waals surface area contributed by atoms with Gasteiger partial charge in [0.05, 0.1) is 0 Å². The van der Waals surface area contributed by atoms with Crippen LogP contribution in [0.5, 0.6) is 0 Å². The Balaban J connectivity index is 2.46. The summed E-state index contributed by atoms with van der Waals surface area (Å²) >= 11 is 0. The molecule has 1 rings (SSSR count). The molecule has 0 aromatic rings.